The van der Waals surface area contributed by atoms with E-state index in [4.69, 9.17) is 4.74 Å². The summed E-state index contributed by atoms with van der Waals surface area (Å²) in [7, 11) is 0. The Morgan fingerprint density at radius 2 is 1.14 bits per heavy atom. The molecule has 1 aliphatic heterocycles. The van der Waals surface area contributed by atoms with Gasteiger partial charge < -0.3 is 4.74 Å². The zero-order valence-corrected chi connectivity index (χ0v) is 10.2. The van der Waals surface area contributed by atoms with Crippen molar-refractivity contribution < 1.29 is 4.74 Å². The molecule has 0 atom stereocenters. The number of rotatable bonds is 0. The van der Waals surface area contributed by atoms with Gasteiger partial charge in [-0.15, -0.1) is 0 Å². The molecule has 1 aliphatic rings. The highest BCUT2D eigenvalue weighted by Crippen LogP contribution is 2.54. The molecule has 0 saturated heterocycles. The van der Waals surface area contributed by atoms with Gasteiger partial charge >= 0.3 is 0 Å². The van der Waals surface area contributed by atoms with Gasteiger partial charge in [-0.3, -0.25) is 0 Å². The van der Waals surface area contributed by atoms with Crippen LogP contribution in [0.4, 0.5) is 0 Å². The molecule has 80 valence electrons. The summed E-state index contributed by atoms with van der Waals surface area (Å²) in [5.41, 5.74) is 0.461. The molecular formula is C13H22O. The van der Waals surface area contributed by atoms with Gasteiger partial charge in [0.15, 0.2) is 0 Å². The molecule has 0 aromatic carbocycles. The Hall–Kier alpha value is -0.720. The van der Waals surface area contributed by atoms with E-state index in [2.05, 4.69) is 53.7 Å². The molecular weight excluding hydrogens is 172 g/mol. The van der Waals surface area contributed by atoms with Crippen LogP contribution >= 0.6 is 0 Å². The Kier molecular flexibility index (Phi) is 2.55. The molecule has 0 aliphatic carbocycles. The molecule has 0 radical (unpaired) electrons. The SMILES string of the molecule is CC(C)(C)C1(C(C)(C)C)C=COC=C1. The number of ether oxygens (including phenoxy) is 1. The average molecular weight is 194 g/mol. The lowest BCUT2D eigenvalue weighted by Crippen LogP contribution is -2.44. The highest BCUT2D eigenvalue weighted by Gasteiger charge is 2.47. The van der Waals surface area contributed by atoms with Gasteiger partial charge in [0.05, 0.1) is 12.5 Å². The average Bonchev–Trinajstić information content (AvgIpc) is 2.02. The minimum atomic E-state index is 0.0677. The zero-order valence-electron chi connectivity index (χ0n) is 10.2. The summed E-state index contributed by atoms with van der Waals surface area (Å²) in [6.07, 6.45) is 7.98. The van der Waals surface area contributed by atoms with Crippen molar-refractivity contribution in [3.63, 3.8) is 0 Å². The molecule has 0 fully saturated rings. The fraction of sp³-hybridized carbons (Fsp3) is 0.692. The first-order chi connectivity index (χ1) is 6.21. The van der Waals surface area contributed by atoms with E-state index in [-0.39, 0.29) is 16.2 Å². The summed E-state index contributed by atoms with van der Waals surface area (Å²) >= 11 is 0. The molecule has 0 spiro atoms. The molecule has 14 heavy (non-hydrogen) atoms. The van der Waals surface area contributed by atoms with Gasteiger partial charge in [0.25, 0.3) is 0 Å². The van der Waals surface area contributed by atoms with Crippen molar-refractivity contribution in [2.75, 3.05) is 0 Å². The van der Waals surface area contributed by atoms with Gasteiger partial charge in [-0.25, -0.2) is 0 Å². The zero-order chi connectivity index (χ0) is 11.0. The topological polar surface area (TPSA) is 9.23 Å². The first kappa shape index (κ1) is 11.4. The van der Waals surface area contributed by atoms with Crippen molar-refractivity contribution in [1.82, 2.24) is 0 Å². The third kappa shape index (κ3) is 1.60. The summed E-state index contributed by atoms with van der Waals surface area (Å²) in [5, 5.41) is 0. The van der Waals surface area contributed by atoms with E-state index in [0.717, 1.165) is 0 Å². The van der Waals surface area contributed by atoms with Crippen LogP contribution in [0.3, 0.4) is 0 Å². The second-order valence-corrected chi connectivity index (χ2v) is 6.11. The monoisotopic (exact) mass is 194 g/mol. The van der Waals surface area contributed by atoms with Crippen LogP contribution in [0.25, 0.3) is 0 Å². The van der Waals surface area contributed by atoms with E-state index in [1.807, 2.05) is 0 Å². The second-order valence-electron chi connectivity index (χ2n) is 6.11. The van der Waals surface area contributed by atoms with Gasteiger partial charge in [0.1, 0.15) is 0 Å². The Labute approximate surface area is 87.8 Å². The molecule has 0 aromatic heterocycles. The molecule has 1 nitrogen and oxygen atoms in total. The molecule has 0 aromatic rings. The second kappa shape index (κ2) is 3.15. The lowest BCUT2D eigenvalue weighted by atomic mass is 9.54. The van der Waals surface area contributed by atoms with Crippen LogP contribution in [0.1, 0.15) is 41.5 Å². The summed E-state index contributed by atoms with van der Waals surface area (Å²) < 4.78 is 5.15. The van der Waals surface area contributed by atoms with Gasteiger partial charge in [-0.2, -0.15) is 0 Å². The van der Waals surface area contributed by atoms with E-state index in [0.29, 0.717) is 0 Å². The standard InChI is InChI=1S/C13H22O/c1-11(2,3)13(12(4,5)6)7-9-14-10-8-13/h7-10H,1-6H3. The molecule has 0 saturated carbocycles. The minimum absolute atomic E-state index is 0.0677. The number of hydrogen-bond donors (Lipinski definition) is 0. The van der Waals surface area contributed by atoms with Gasteiger partial charge in [0.2, 0.25) is 0 Å². The van der Waals surface area contributed by atoms with Crippen molar-refractivity contribution >= 4 is 0 Å². The number of allylic oxidation sites excluding steroid dienone is 2. The first-order valence-corrected chi connectivity index (χ1v) is 5.22. The Balaban J connectivity index is 3.23. The summed E-state index contributed by atoms with van der Waals surface area (Å²) in [6.45, 7) is 13.7. The normalized spacial score (nSPS) is 20.7. The minimum Gasteiger partial charge on any atom is -0.473 e. The lowest BCUT2D eigenvalue weighted by molar-refractivity contribution is 0.0575. The van der Waals surface area contributed by atoms with Crippen molar-refractivity contribution in [1.29, 1.82) is 0 Å². The van der Waals surface area contributed by atoms with Crippen LogP contribution in [0.15, 0.2) is 24.7 Å². The summed E-state index contributed by atoms with van der Waals surface area (Å²) in [6, 6.07) is 0. The third-order valence-electron chi connectivity index (χ3n) is 3.30. The van der Waals surface area contributed by atoms with Crippen LogP contribution in [0.5, 0.6) is 0 Å². The fourth-order valence-electron chi connectivity index (χ4n) is 2.52. The fourth-order valence-corrected chi connectivity index (χ4v) is 2.52. The van der Waals surface area contributed by atoms with E-state index in [9.17, 15) is 0 Å². The maximum atomic E-state index is 5.15. The maximum absolute atomic E-state index is 5.15. The molecule has 0 unspecified atom stereocenters. The lowest BCUT2D eigenvalue weighted by Gasteiger charge is -2.50. The number of hydrogen-bond acceptors (Lipinski definition) is 1. The predicted octanol–water partition coefficient (Wildman–Crippen LogP) is 4.12. The molecule has 1 heteroatoms. The van der Waals surface area contributed by atoms with Crippen molar-refractivity contribution in [3.05, 3.63) is 24.7 Å². The third-order valence-corrected chi connectivity index (χ3v) is 3.30. The highest BCUT2D eigenvalue weighted by molar-refractivity contribution is 5.21. The Bertz CT molecular complexity index is 230. The Morgan fingerprint density at radius 3 is 1.36 bits per heavy atom. The maximum Gasteiger partial charge on any atom is 0.0870 e. The molecule has 1 heterocycles. The molecule has 0 amide bonds. The van der Waals surface area contributed by atoms with Crippen LogP contribution < -0.4 is 0 Å². The van der Waals surface area contributed by atoms with E-state index < -0.39 is 0 Å². The van der Waals surface area contributed by atoms with Crippen molar-refractivity contribution in [2.45, 2.75) is 41.5 Å². The smallest absolute Gasteiger partial charge is 0.0870 e. The predicted molar refractivity (Wildman–Crippen MR) is 60.7 cm³/mol. The van der Waals surface area contributed by atoms with Crippen LogP contribution in [-0.2, 0) is 4.74 Å². The first-order valence-electron chi connectivity index (χ1n) is 5.22. The quantitative estimate of drug-likeness (QED) is 0.563. The van der Waals surface area contributed by atoms with Crippen molar-refractivity contribution in [2.24, 2.45) is 16.2 Å². The van der Waals surface area contributed by atoms with E-state index in [1.165, 1.54) is 0 Å². The van der Waals surface area contributed by atoms with Crippen LogP contribution in [0, 0.1) is 16.2 Å². The van der Waals surface area contributed by atoms with Crippen molar-refractivity contribution in [3.8, 4) is 0 Å². The summed E-state index contributed by atoms with van der Waals surface area (Å²) in [4.78, 5) is 0. The molecule has 1 rings (SSSR count). The van der Waals surface area contributed by atoms with Crippen LogP contribution in [0.2, 0.25) is 0 Å². The van der Waals surface area contributed by atoms with E-state index in [1.54, 1.807) is 12.5 Å². The van der Waals surface area contributed by atoms with Gasteiger partial charge in [-0.05, 0) is 23.0 Å². The molecule has 0 bridgehead atoms. The Morgan fingerprint density at radius 1 is 0.786 bits per heavy atom. The largest absolute Gasteiger partial charge is 0.473 e. The summed E-state index contributed by atoms with van der Waals surface area (Å²) in [5.74, 6) is 0. The highest BCUT2D eigenvalue weighted by atomic mass is 16.5. The van der Waals surface area contributed by atoms with Crippen LogP contribution in [-0.4, -0.2) is 0 Å². The van der Waals surface area contributed by atoms with Gasteiger partial charge in [-0.1, -0.05) is 41.5 Å². The van der Waals surface area contributed by atoms with E-state index >= 15 is 0 Å². The van der Waals surface area contributed by atoms with Gasteiger partial charge in [0, 0.05) is 5.41 Å². The molecule has 0 N–H and O–H groups in total.